The maximum atomic E-state index is 3.41. The molecule has 1 fully saturated rings. The molecular weight excluding hydrogens is 118 g/mol. The van der Waals surface area contributed by atoms with Gasteiger partial charge in [-0.1, -0.05) is 0 Å². The van der Waals surface area contributed by atoms with Crippen LogP contribution in [0.2, 0.25) is 0 Å². The van der Waals surface area contributed by atoms with Crippen molar-refractivity contribution in [1.29, 1.82) is 0 Å². The molecule has 1 nitrogen and oxygen atoms in total. The fourth-order valence-corrected chi connectivity index (χ4v) is 1.81. The number of hydrogen-bond acceptors (Lipinski definition) is 2. The third-order valence-corrected chi connectivity index (χ3v) is 2.56. The Hall–Kier alpha value is 0.310. The summed E-state index contributed by atoms with van der Waals surface area (Å²) >= 11 is 2.03. The van der Waals surface area contributed by atoms with Crippen molar-refractivity contribution in [3.63, 3.8) is 0 Å². The van der Waals surface area contributed by atoms with E-state index in [0.29, 0.717) is 5.37 Å². The second kappa shape index (κ2) is 3.36. The van der Waals surface area contributed by atoms with Crippen LogP contribution in [0.15, 0.2) is 0 Å². The summed E-state index contributed by atoms with van der Waals surface area (Å²) < 4.78 is 0. The summed E-state index contributed by atoms with van der Waals surface area (Å²) in [6.45, 7) is 3.45. The Kier molecular flexibility index (Phi) is 2.70. The molecule has 0 aliphatic carbocycles. The van der Waals surface area contributed by atoms with Crippen LogP contribution in [0.3, 0.4) is 0 Å². The Morgan fingerprint density at radius 3 is 3.25 bits per heavy atom. The van der Waals surface area contributed by atoms with Gasteiger partial charge in [-0.05, 0) is 32.1 Å². The van der Waals surface area contributed by atoms with E-state index in [1.54, 1.807) is 0 Å². The van der Waals surface area contributed by atoms with Crippen molar-refractivity contribution in [3.8, 4) is 0 Å². The predicted octanol–water partition coefficient (Wildman–Crippen LogP) is 1.45. The third-order valence-electron chi connectivity index (χ3n) is 1.37. The van der Waals surface area contributed by atoms with Gasteiger partial charge in [-0.15, -0.1) is 11.8 Å². The minimum absolute atomic E-state index is 0.692. The smallest absolute Gasteiger partial charge is 0.0503 e. The van der Waals surface area contributed by atoms with E-state index in [4.69, 9.17) is 0 Å². The summed E-state index contributed by atoms with van der Waals surface area (Å²) in [6.07, 6.45) is 2.75. The Morgan fingerprint density at radius 2 is 2.38 bits per heavy atom. The Morgan fingerprint density at radius 1 is 1.50 bits per heavy atom. The van der Waals surface area contributed by atoms with Gasteiger partial charge in [0, 0.05) is 0 Å². The number of thioether (sulfide) groups is 1. The van der Waals surface area contributed by atoms with Crippen molar-refractivity contribution in [3.05, 3.63) is 0 Å². The maximum Gasteiger partial charge on any atom is 0.0503 e. The molecule has 0 saturated carbocycles. The summed E-state index contributed by atoms with van der Waals surface area (Å²) in [5, 5.41) is 4.10. The molecule has 1 aliphatic rings. The molecule has 0 aromatic rings. The molecule has 1 atom stereocenters. The first kappa shape index (κ1) is 6.43. The summed E-state index contributed by atoms with van der Waals surface area (Å²) in [5.74, 6) is 1.34. The van der Waals surface area contributed by atoms with Gasteiger partial charge in [0.2, 0.25) is 0 Å². The Labute approximate surface area is 55.2 Å². The quantitative estimate of drug-likeness (QED) is 0.534. The highest BCUT2D eigenvalue weighted by Crippen LogP contribution is 2.12. The van der Waals surface area contributed by atoms with Gasteiger partial charge in [0.25, 0.3) is 0 Å². The second-order valence-corrected chi connectivity index (χ2v) is 3.62. The van der Waals surface area contributed by atoms with E-state index in [1.165, 1.54) is 25.1 Å². The van der Waals surface area contributed by atoms with Crippen molar-refractivity contribution in [2.24, 2.45) is 0 Å². The molecule has 2 heteroatoms. The van der Waals surface area contributed by atoms with Crippen LogP contribution in [0, 0.1) is 0 Å². The molecule has 48 valence electrons. The van der Waals surface area contributed by atoms with Gasteiger partial charge in [-0.2, -0.15) is 0 Å². The zero-order chi connectivity index (χ0) is 5.82. The van der Waals surface area contributed by atoms with Gasteiger partial charge >= 0.3 is 0 Å². The number of nitrogens with one attached hydrogen (secondary N) is 1. The standard InChI is InChI=1S/C6H13NS/c1-6-7-4-2-3-5-8-6/h6-7H,2-5H2,1H3. The average Bonchev–Trinajstić information content (AvgIpc) is 1.94. The predicted molar refractivity (Wildman–Crippen MR) is 39.2 cm³/mol. The van der Waals surface area contributed by atoms with E-state index in [2.05, 4.69) is 12.2 Å². The van der Waals surface area contributed by atoms with Gasteiger partial charge < -0.3 is 5.32 Å². The van der Waals surface area contributed by atoms with Crippen molar-refractivity contribution in [2.45, 2.75) is 25.1 Å². The first-order valence-electron chi connectivity index (χ1n) is 3.24. The third kappa shape index (κ3) is 2.05. The van der Waals surface area contributed by atoms with Crippen molar-refractivity contribution in [2.75, 3.05) is 12.3 Å². The van der Waals surface area contributed by atoms with Crippen LogP contribution in [0.4, 0.5) is 0 Å². The van der Waals surface area contributed by atoms with E-state index in [0.717, 1.165) is 0 Å². The highest BCUT2D eigenvalue weighted by atomic mass is 32.2. The average molecular weight is 131 g/mol. The molecule has 1 saturated heterocycles. The number of hydrogen-bond donors (Lipinski definition) is 1. The lowest BCUT2D eigenvalue weighted by Gasteiger charge is -2.05. The molecule has 1 N–H and O–H groups in total. The molecular formula is C6H13NS. The fraction of sp³-hybridized carbons (Fsp3) is 1.00. The molecule has 1 aliphatic heterocycles. The van der Waals surface area contributed by atoms with E-state index in [1.807, 2.05) is 11.8 Å². The second-order valence-electron chi connectivity index (χ2n) is 2.17. The summed E-state index contributed by atoms with van der Waals surface area (Å²) in [6, 6.07) is 0. The van der Waals surface area contributed by atoms with Crippen LogP contribution < -0.4 is 5.32 Å². The van der Waals surface area contributed by atoms with Gasteiger partial charge in [-0.25, -0.2) is 0 Å². The normalized spacial score (nSPS) is 31.9. The van der Waals surface area contributed by atoms with Crippen LogP contribution in [-0.2, 0) is 0 Å². The molecule has 0 bridgehead atoms. The fourth-order valence-electron chi connectivity index (χ4n) is 0.851. The van der Waals surface area contributed by atoms with Gasteiger partial charge in [0.15, 0.2) is 0 Å². The lowest BCUT2D eigenvalue weighted by Crippen LogP contribution is -2.21. The minimum Gasteiger partial charge on any atom is -0.306 e. The van der Waals surface area contributed by atoms with E-state index in [-0.39, 0.29) is 0 Å². The van der Waals surface area contributed by atoms with Crippen molar-refractivity contribution >= 4 is 11.8 Å². The van der Waals surface area contributed by atoms with Crippen molar-refractivity contribution in [1.82, 2.24) is 5.32 Å². The topological polar surface area (TPSA) is 12.0 Å². The first-order chi connectivity index (χ1) is 3.89. The molecule has 0 spiro atoms. The first-order valence-corrected chi connectivity index (χ1v) is 4.29. The molecule has 8 heavy (non-hydrogen) atoms. The Bertz CT molecular complexity index is 57.5. The molecule has 0 amide bonds. The Balaban J connectivity index is 2.17. The summed E-state index contributed by atoms with van der Waals surface area (Å²) in [5.41, 5.74) is 0. The van der Waals surface area contributed by atoms with Gasteiger partial charge in [0.05, 0.1) is 5.37 Å². The van der Waals surface area contributed by atoms with Crippen LogP contribution in [0.5, 0.6) is 0 Å². The van der Waals surface area contributed by atoms with Crippen molar-refractivity contribution < 1.29 is 0 Å². The van der Waals surface area contributed by atoms with E-state index in [9.17, 15) is 0 Å². The highest BCUT2D eigenvalue weighted by Gasteiger charge is 2.03. The number of rotatable bonds is 0. The SMILES string of the molecule is CC1NCCCCS1. The zero-order valence-corrected chi connectivity index (χ0v) is 6.13. The zero-order valence-electron chi connectivity index (χ0n) is 5.31. The molecule has 1 rings (SSSR count). The molecule has 1 heterocycles. The molecule has 0 aromatic heterocycles. The summed E-state index contributed by atoms with van der Waals surface area (Å²) in [7, 11) is 0. The summed E-state index contributed by atoms with van der Waals surface area (Å²) in [4.78, 5) is 0. The molecule has 0 aromatic carbocycles. The monoisotopic (exact) mass is 131 g/mol. The molecule has 0 radical (unpaired) electrons. The lowest BCUT2D eigenvalue weighted by atomic mass is 10.3. The van der Waals surface area contributed by atoms with Crippen LogP contribution >= 0.6 is 11.8 Å². The minimum atomic E-state index is 0.692. The van der Waals surface area contributed by atoms with Gasteiger partial charge in [-0.3, -0.25) is 0 Å². The lowest BCUT2D eigenvalue weighted by molar-refractivity contribution is 0.658. The highest BCUT2D eigenvalue weighted by molar-refractivity contribution is 7.99. The van der Waals surface area contributed by atoms with Crippen LogP contribution in [0.1, 0.15) is 19.8 Å². The van der Waals surface area contributed by atoms with Gasteiger partial charge in [0.1, 0.15) is 0 Å². The van der Waals surface area contributed by atoms with Crippen LogP contribution in [-0.4, -0.2) is 17.7 Å². The van der Waals surface area contributed by atoms with E-state index < -0.39 is 0 Å². The van der Waals surface area contributed by atoms with E-state index >= 15 is 0 Å². The maximum absolute atomic E-state index is 3.41. The molecule has 1 unspecified atom stereocenters. The van der Waals surface area contributed by atoms with Crippen LogP contribution in [0.25, 0.3) is 0 Å². The largest absolute Gasteiger partial charge is 0.306 e.